The molecule has 10 heterocycles. The SMILES string of the molecule is COc1ccc(CNc2cc(C)c3c(=O)cc(Nc4ccccc4)n(-c4ccccc4)c3n2)cc1.COc1cccc(Nc2cc(=O)c3ccc(C)nc3n2-c2ccccc2)c1.Cc1cc(Cc2ccccc2)nc2c1c(=O)cc(Nc1ccccc1)n2-c1ccccc1.Cc1cc(OCC(F)F)c2c(=O)cc(Nc3ccccc3)n(-c3ccccc3)c2n1.Cc1ccc2c(=O)cc(Nc3cccc(F)c3)n(-c3ccccc3)c2n1.[HH].[HH].[HH].[HH].[HH].[HH]. The number of aromatic nitrogens is 10. The molecule has 0 radical (unpaired) electrons. The molecular formula is C123H115F3N16O8. The molecule has 0 bridgehead atoms. The Morgan fingerprint density at radius 1 is 0.300 bits per heavy atom. The van der Waals surface area contributed by atoms with Gasteiger partial charge in [-0.15, -0.1) is 0 Å². The number of anilines is 11. The standard InChI is InChI=1S/C29H26N4O2.C28H23N3O.C23H19F2N3O2.C22H19N3O2.C21H16FN3O.6H2/c1-20-17-26(30-19-21-13-15-24(35-2)16-14-21)32-29-28(20)25(34)18-27(31-22-9-5-3-6-10-22)33(29)23-11-7-4-8-12-23;1-20-17-23(18-21-11-5-2-6-12-21)30-28-27(20)25(32)19-26(29-22-13-7-3-8-14-22)31(28)24-15-9-4-10-16-24;1-15-12-19(30-14-20(24)25)22-18(29)13-21(27-16-8-4-2-5-9-16)28(23(22)26-15)17-10-6-3-7-11-17;1-15-11-12-19-20(26)14-21(24-16-7-6-10-18(13-16)27-2)25(22(19)23-15)17-8-4-3-5-9-17;1-14-10-11-18-19(26)13-20(24-16-7-5-6-15(22)12-16)25(21(18)23-14)17-8-3-2-4-9-17;;;;;;/h3-18,31H,19H2,1-2H3,(H,30,32);2-17,19,29H,18H2,1H3;2-13,20,27H,14H2,1H3;3-14,24H,1-2H3;2-13,24H,1H3;6*1H. The fraction of sp³-hybridized carbons (Fsp3) is 0.0894. The predicted molar refractivity (Wildman–Crippen MR) is 609 cm³/mol. The molecule has 0 spiro atoms. The summed E-state index contributed by atoms with van der Waals surface area (Å²) in [5.74, 6) is 5.01. The maximum atomic E-state index is 13.6. The van der Waals surface area contributed by atoms with Crippen LogP contribution in [0.25, 0.3) is 83.6 Å². The van der Waals surface area contributed by atoms with Gasteiger partial charge < -0.3 is 46.1 Å². The molecule has 0 saturated heterocycles. The lowest BCUT2D eigenvalue weighted by molar-refractivity contribution is 0.0825. The first kappa shape index (κ1) is 101. The molecule has 6 N–H and O–H groups in total. The zero-order valence-corrected chi connectivity index (χ0v) is 82.9. The number of benzene rings is 12. The summed E-state index contributed by atoms with van der Waals surface area (Å²) < 4.78 is 64.5. The van der Waals surface area contributed by atoms with Crippen LogP contribution in [0.5, 0.6) is 17.2 Å². The molecule has 0 aliphatic carbocycles. The lowest BCUT2D eigenvalue weighted by atomic mass is 10.1. The van der Waals surface area contributed by atoms with E-state index in [1.165, 1.54) is 35.9 Å². The minimum atomic E-state index is -2.65. The Bertz CT molecular complexity index is 8920. The summed E-state index contributed by atoms with van der Waals surface area (Å²) in [6.45, 7) is 9.26. The third-order valence-electron chi connectivity index (χ3n) is 24.3. The minimum absolute atomic E-state index is 0. The Labute approximate surface area is 870 Å². The highest BCUT2D eigenvalue weighted by atomic mass is 19.3. The fourth-order valence-corrected chi connectivity index (χ4v) is 17.4. The number of nitrogens with one attached hydrogen (secondary N) is 6. The van der Waals surface area contributed by atoms with E-state index in [-0.39, 0.29) is 52.7 Å². The van der Waals surface area contributed by atoms with Gasteiger partial charge in [-0.2, -0.15) is 0 Å². The minimum Gasteiger partial charge on any atom is -0.497 e. The van der Waals surface area contributed by atoms with Crippen molar-refractivity contribution in [2.24, 2.45) is 0 Å². The molecule has 24 nitrogen and oxygen atoms in total. The highest BCUT2D eigenvalue weighted by molar-refractivity contribution is 5.90. The molecule has 150 heavy (non-hydrogen) atoms. The number of hydrogen-bond acceptors (Lipinski definition) is 19. The summed E-state index contributed by atoms with van der Waals surface area (Å²) in [5.41, 5.74) is 17.7. The molecule has 10 aromatic heterocycles. The van der Waals surface area contributed by atoms with E-state index in [4.69, 9.17) is 24.2 Å². The van der Waals surface area contributed by atoms with Gasteiger partial charge in [0.1, 0.15) is 81.3 Å². The Morgan fingerprint density at radius 2 is 0.647 bits per heavy atom. The molecule has 0 saturated carbocycles. The van der Waals surface area contributed by atoms with Gasteiger partial charge in [0.15, 0.2) is 44.1 Å². The van der Waals surface area contributed by atoms with Crippen molar-refractivity contribution in [2.75, 3.05) is 52.7 Å². The van der Waals surface area contributed by atoms with Gasteiger partial charge in [0.05, 0.1) is 35.8 Å². The normalized spacial score (nSPS) is 10.9. The number of fused-ring (bicyclic) bond motifs is 5. The van der Waals surface area contributed by atoms with Crippen LogP contribution < -0.4 is 73.3 Å². The molecule has 22 rings (SSSR count). The summed E-state index contributed by atoms with van der Waals surface area (Å²) in [6.07, 6.45) is -1.94. The fourth-order valence-electron chi connectivity index (χ4n) is 17.4. The third kappa shape index (κ3) is 24.1. The molecule has 756 valence electrons. The number of ether oxygens (including phenoxy) is 3. The molecular weight excluding hydrogens is 1890 g/mol. The summed E-state index contributed by atoms with van der Waals surface area (Å²) in [4.78, 5) is 88.3. The van der Waals surface area contributed by atoms with E-state index in [9.17, 15) is 37.1 Å². The highest BCUT2D eigenvalue weighted by Crippen LogP contribution is 2.36. The Morgan fingerprint density at radius 3 is 1.06 bits per heavy atom. The zero-order chi connectivity index (χ0) is 104. The summed E-state index contributed by atoms with van der Waals surface area (Å²) >= 11 is 0. The van der Waals surface area contributed by atoms with Crippen molar-refractivity contribution in [2.45, 2.75) is 54.0 Å². The van der Waals surface area contributed by atoms with Crippen molar-refractivity contribution >= 4 is 119 Å². The van der Waals surface area contributed by atoms with Gasteiger partial charge in [0.25, 0.3) is 6.43 Å². The van der Waals surface area contributed by atoms with Crippen molar-refractivity contribution in [3.8, 4) is 45.7 Å². The van der Waals surface area contributed by atoms with Crippen molar-refractivity contribution in [1.82, 2.24) is 47.8 Å². The number of halogens is 3. The Kier molecular flexibility index (Phi) is 31.4. The summed E-state index contributed by atoms with van der Waals surface area (Å²) in [5, 5.41) is 22.5. The number of alkyl halides is 2. The highest BCUT2D eigenvalue weighted by Gasteiger charge is 2.24. The van der Waals surface area contributed by atoms with Gasteiger partial charge in [-0.1, -0.05) is 200 Å². The summed E-state index contributed by atoms with van der Waals surface area (Å²) in [6, 6.07) is 130. The maximum Gasteiger partial charge on any atom is 0.272 e. The third-order valence-corrected chi connectivity index (χ3v) is 24.3. The van der Waals surface area contributed by atoms with Crippen molar-refractivity contribution in [3.63, 3.8) is 0 Å². The number of pyridine rings is 10. The number of methoxy groups -OCH3 is 2. The van der Waals surface area contributed by atoms with Gasteiger partial charge >= 0.3 is 0 Å². The van der Waals surface area contributed by atoms with Gasteiger partial charge in [0, 0.05) is 144 Å². The number of hydrogen-bond donors (Lipinski definition) is 6. The predicted octanol–water partition coefficient (Wildman–Crippen LogP) is 27.7. The first-order valence-corrected chi connectivity index (χ1v) is 48.4. The van der Waals surface area contributed by atoms with Crippen LogP contribution >= 0.6 is 0 Å². The van der Waals surface area contributed by atoms with Crippen LogP contribution in [-0.4, -0.2) is 75.0 Å². The van der Waals surface area contributed by atoms with Crippen molar-refractivity contribution in [3.05, 3.63) is 521 Å². The topological polar surface area (TPSA) is 274 Å². The number of nitrogens with zero attached hydrogens (tertiary/aromatic N) is 10. The molecule has 0 atom stereocenters. The van der Waals surface area contributed by atoms with E-state index in [0.29, 0.717) is 109 Å². The van der Waals surface area contributed by atoms with E-state index in [1.807, 2.05) is 386 Å². The second kappa shape index (κ2) is 46.9. The molecule has 0 amide bonds. The quantitative estimate of drug-likeness (QED) is 0.0310. The van der Waals surface area contributed by atoms with Crippen molar-refractivity contribution in [1.29, 1.82) is 0 Å². The van der Waals surface area contributed by atoms with Crippen LogP contribution in [-0.2, 0) is 13.0 Å². The molecule has 0 aliphatic heterocycles. The van der Waals surface area contributed by atoms with E-state index in [1.54, 1.807) is 62.1 Å². The first-order chi connectivity index (χ1) is 73.1. The Hall–Kier alpha value is -19.6. The smallest absolute Gasteiger partial charge is 0.272 e. The van der Waals surface area contributed by atoms with E-state index < -0.39 is 13.0 Å². The number of rotatable bonds is 25. The zero-order valence-electron chi connectivity index (χ0n) is 82.9. The van der Waals surface area contributed by atoms with Gasteiger partial charge in [-0.05, 0) is 233 Å². The second-order valence-corrected chi connectivity index (χ2v) is 35.1. The average molecular weight is 2000 g/mol. The average Bonchev–Trinajstić information content (AvgIpc) is 0.763. The van der Waals surface area contributed by atoms with E-state index >= 15 is 0 Å². The van der Waals surface area contributed by atoms with Crippen LogP contribution in [0.15, 0.2) is 443 Å². The van der Waals surface area contributed by atoms with Crippen molar-refractivity contribution < 1.29 is 35.9 Å². The van der Waals surface area contributed by atoms with E-state index in [2.05, 4.69) is 59.0 Å². The molecule has 27 heteroatoms. The molecule has 0 fully saturated rings. The lowest BCUT2D eigenvalue weighted by Crippen LogP contribution is -2.16. The Balaban J connectivity index is 0.000000171. The van der Waals surface area contributed by atoms with Crippen LogP contribution in [0.4, 0.5) is 76.5 Å². The molecule has 12 aromatic carbocycles. The molecule has 0 aliphatic rings. The lowest BCUT2D eigenvalue weighted by Gasteiger charge is -2.19. The molecule has 22 aromatic rings. The summed E-state index contributed by atoms with van der Waals surface area (Å²) in [7, 11) is 3.28. The van der Waals surface area contributed by atoms with E-state index in [0.717, 1.165) is 96.5 Å². The van der Waals surface area contributed by atoms with Crippen LogP contribution in [0.2, 0.25) is 0 Å². The largest absolute Gasteiger partial charge is 0.497 e. The molecule has 0 unspecified atom stereocenters. The monoisotopic (exact) mass is 2000 g/mol. The number of para-hydroxylation sites is 8. The number of aryl methyl sites for hydroxylation is 5. The maximum absolute atomic E-state index is 13.6. The van der Waals surface area contributed by atoms with Gasteiger partial charge in [0.2, 0.25) is 0 Å². The van der Waals surface area contributed by atoms with Crippen LogP contribution in [0, 0.1) is 40.4 Å². The second-order valence-electron chi connectivity index (χ2n) is 35.1. The van der Waals surface area contributed by atoms with Crippen LogP contribution in [0.3, 0.4) is 0 Å². The van der Waals surface area contributed by atoms with Gasteiger partial charge in [-0.25, -0.2) is 38.1 Å². The van der Waals surface area contributed by atoms with Gasteiger partial charge in [-0.3, -0.25) is 46.8 Å². The first-order valence-electron chi connectivity index (χ1n) is 48.4. The van der Waals surface area contributed by atoms with Crippen LogP contribution in [0.1, 0.15) is 53.6 Å².